The second-order valence-electron chi connectivity index (χ2n) is 4.87. The third kappa shape index (κ3) is 3.96. The van der Waals surface area contributed by atoms with Crippen LogP contribution in [-0.4, -0.2) is 30.0 Å². The van der Waals surface area contributed by atoms with Crippen molar-refractivity contribution in [1.29, 1.82) is 0 Å². The van der Waals surface area contributed by atoms with Crippen molar-refractivity contribution in [3.63, 3.8) is 0 Å². The Labute approximate surface area is 136 Å². The lowest BCUT2D eigenvalue weighted by atomic mass is 10.1. The van der Waals surface area contributed by atoms with Crippen molar-refractivity contribution in [1.82, 2.24) is 0 Å². The maximum atomic E-state index is 12.5. The number of carboxylic acid groups (broad SMARTS) is 1. The first-order chi connectivity index (χ1) is 10.7. The quantitative estimate of drug-likeness (QED) is 0.858. The average molecular weight is 353 g/mol. The molecule has 0 aliphatic carbocycles. The van der Waals surface area contributed by atoms with Gasteiger partial charge in [0.25, 0.3) is 10.0 Å². The zero-order valence-electron chi connectivity index (χ0n) is 12.4. The summed E-state index contributed by atoms with van der Waals surface area (Å²) in [7, 11) is -5.10. The van der Waals surface area contributed by atoms with Crippen LogP contribution in [0.4, 0.5) is 5.69 Å². The fraction of sp³-hybridized carbons (Fsp3) is 0.133. The minimum Gasteiger partial charge on any atom is -0.478 e. The topological polar surface area (TPSA) is 101 Å². The molecule has 23 heavy (non-hydrogen) atoms. The third-order valence-corrected chi connectivity index (χ3v) is 5.59. The fourth-order valence-electron chi connectivity index (χ4n) is 2.03. The first kappa shape index (κ1) is 17.2. The summed E-state index contributed by atoms with van der Waals surface area (Å²) in [6, 6.07) is 10.1. The first-order valence-electron chi connectivity index (χ1n) is 6.51. The molecule has 2 aromatic carbocycles. The molecular formula is C15H15NO5S2. The fourth-order valence-corrected chi connectivity index (χ4v) is 3.87. The number of anilines is 1. The largest absolute Gasteiger partial charge is 0.478 e. The van der Waals surface area contributed by atoms with Crippen LogP contribution in [0.25, 0.3) is 0 Å². The highest BCUT2D eigenvalue weighted by Gasteiger charge is 2.18. The molecule has 0 fully saturated rings. The Morgan fingerprint density at radius 1 is 1.17 bits per heavy atom. The molecule has 0 aliphatic heterocycles. The minimum atomic E-state index is -3.87. The van der Waals surface area contributed by atoms with Crippen molar-refractivity contribution in [3.8, 4) is 0 Å². The van der Waals surface area contributed by atoms with E-state index in [1.165, 1.54) is 37.4 Å². The summed E-state index contributed by atoms with van der Waals surface area (Å²) in [5.74, 6) is -1.12. The molecule has 0 aliphatic rings. The van der Waals surface area contributed by atoms with Gasteiger partial charge in [-0.1, -0.05) is 6.07 Å². The minimum absolute atomic E-state index is 0.00877. The predicted molar refractivity (Wildman–Crippen MR) is 87.7 cm³/mol. The van der Waals surface area contributed by atoms with Crippen LogP contribution < -0.4 is 4.72 Å². The van der Waals surface area contributed by atoms with Crippen LogP contribution in [-0.2, 0) is 20.8 Å². The zero-order chi connectivity index (χ0) is 17.2. The second kappa shape index (κ2) is 6.51. The number of sulfonamides is 1. The lowest BCUT2D eigenvalue weighted by molar-refractivity contribution is 0.0696. The van der Waals surface area contributed by atoms with Crippen molar-refractivity contribution in [2.24, 2.45) is 0 Å². The van der Waals surface area contributed by atoms with E-state index >= 15 is 0 Å². The molecule has 0 saturated carbocycles. The van der Waals surface area contributed by atoms with Gasteiger partial charge in [0.05, 0.1) is 16.1 Å². The van der Waals surface area contributed by atoms with E-state index in [0.717, 1.165) is 0 Å². The Balaban J connectivity index is 2.38. The standard InChI is InChI=1S/C15H15NO5S2/c1-10-8-11(15(17)18)6-7-14(10)23(20,21)16-12-4-3-5-13(9-12)22(2)19/h3-9,16H,1-2H3,(H,17,18)/t22-/m1/s1. The van der Waals surface area contributed by atoms with Gasteiger partial charge in [0.2, 0.25) is 0 Å². The van der Waals surface area contributed by atoms with Gasteiger partial charge in [0, 0.05) is 22.0 Å². The Morgan fingerprint density at radius 2 is 1.87 bits per heavy atom. The van der Waals surface area contributed by atoms with Crippen molar-refractivity contribution in [2.75, 3.05) is 11.0 Å². The van der Waals surface area contributed by atoms with Gasteiger partial charge < -0.3 is 5.11 Å². The number of benzene rings is 2. The molecule has 0 bridgehead atoms. The van der Waals surface area contributed by atoms with Crippen molar-refractivity contribution >= 4 is 32.5 Å². The van der Waals surface area contributed by atoms with Gasteiger partial charge >= 0.3 is 5.97 Å². The lowest BCUT2D eigenvalue weighted by Gasteiger charge is -2.11. The molecule has 6 nitrogen and oxygen atoms in total. The highest BCUT2D eigenvalue weighted by molar-refractivity contribution is 7.92. The van der Waals surface area contributed by atoms with Gasteiger partial charge in [-0.2, -0.15) is 0 Å². The van der Waals surface area contributed by atoms with Crippen molar-refractivity contribution < 1.29 is 22.5 Å². The summed E-state index contributed by atoms with van der Waals surface area (Å²) >= 11 is 0. The number of aryl methyl sites for hydroxylation is 1. The Kier molecular flexibility index (Phi) is 4.86. The first-order valence-corrected chi connectivity index (χ1v) is 9.55. The van der Waals surface area contributed by atoms with Crippen molar-refractivity contribution in [3.05, 3.63) is 53.6 Å². The van der Waals surface area contributed by atoms with Crippen LogP contribution in [0.5, 0.6) is 0 Å². The molecule has 2 rings (SSSR count). The van der Waals surface area contributed by atoms with E-state index in [9.17, 15) is 17.4 Å². The molecule has 1 atom stereocenters. The summed E-state index contributed by atoms with van der Waals surface area (Å²) in [5.41, 5.74) is 0.636. The molecule has 122 valence electrons. The van der Waals surface area contributed by atoms with Crippen LogP contribution in [0.2, 0.25) is 0 Å². The van der Waals surface area contributed by atoms with E-state index < -0.39 is 26.8 Å². The smallest absolute Gasteiger partial charge is 0.335 e. The molecule has 0 radical (unpaired) electrons. The summed E-state index contributed by atoms with van der Waals surface area (Å²) in [6.07, 6.45) is 1.50. The summed E-state index contributed by atoms with van der Waals surface area (Å²) in [4.78, 5) is 11.4. The second-order valence-corrected chi connectivity index (χ2v) is 7.90. The third-order valence-electron chi connectivity index (χ3n) is 3.13. The highest BCUT2D eigenvalue weighted by atomic mass is 32.2. The van der Waals surface area contributed by atoms with Crippen molar-refractivity contribution in [2.45, 2.75) is 16.7 Å². The van der Waals surface area contributed by atoms with Crippen LogP contribution in [0.15, 0.2) is 52.3 Å². The van der Waals surface area contributed by atoms with Crippen LogP contribution in [0.1, 0.15) is 15.9 Å². The predicted octanol–water partition coefficient (Wildman–Crippen LogP) is 2.23. The van der Waals surface area contributed by atoms with Gasteiger partial charge in [-0.25, -0.2) is 13.2 Å². The molecule has 8 heteroatoms. The molecule has 0 heterocycles. The average Bonchev–Trinajstić information content (AvgIpc) is 2.46. The lowest BCUT2D eigenvalue weighted by Crippen LogP contribution is -2.15. The number of hydrogen-bond donors (Lipinski definition) is 2. The van der Waals surface area contributed by atoms with E-state index in [0.29, 0.717) is 16.1 Å². The number of aromatic carboxylic acids is 1. The molecule has 0 unspecified atom stereocenters. The summed E-state index contributed by atoms with van der Waals surface area (Å²) in [6.45, 7) is 1.53. The molecular weight excluding hydrogens is 338 g/mol. The van der Waals surface area contributed by atoms with E-state index in [2.05, 4.69) is 4.72 Å². The molecule has 2 aromatic rings. The van der Waals surface area contributed by atoms with Gasteiger partial charge in [0.15, 0.2) is 0 Å². The van der Waals surface area contributed by atoms with Crippen LogP contribution in [0, 0.1) is 6.92 Å². The number of hydrogen-bond acceptors (Lipinski definition) is 4. The monoisotopic (exact) mass is 353 g/mol. The van der Waals surface area contributed by atoms with E-state index in [4.69, 9.17) is 5.11 Å². The SMILES string of the molecule is Cc1cc(C(=O)O)ccc1S(=O)(=O)Nc1cccc([S@@](C)=O)c1. The Morgan fingerprint density at radius 3 is 2.43 bits per heavy atom. The maximum Gasteiger partial charge on any atom is 0.335 e. The normalized spacial score (nSPS) is 12.6. The summed E-state index contributed by atoms with van der Waals surface area (Å²) in [5, 5.41) is 8.93. The molecule has 0 saturated heterocycles. The number of rotatable bonds is 5. The highest BCUT2D eigenvalue weighted by Crippen LogP contribution is 2.22. The van der Waals surface area contributed by atoms with E-state index in [-0.39, 0.29) is 10.5 Å². The van der Waals surface area contributed by atoms with Crippen LogP contribution in [0.3, 0.4) is 0 Å². The van der Waals surface area contributed by atoms with Crippen LogP contribution >= 0.6 is 0 Å². The number of carbonyl (C=O) groups is 1. The van der Waals surface area contributed by atoms with Gasteiger partial charge in [0.1, 0.15) is 0 Å². The Bertz CT molecular complexity index is 890. The number of carboxylic acids is 1. The van der Waals surface area contributed by atoms with Gasteiger partial charge in [-0.05, 0) is 48.9 Å². The zero-order valence-corrected chi connectivity index (χ0v) is 14.1. The van der Waals surface area contributed by atoms with Gasteiger partial charge in [-0.15, -0.1) is 0 Å². The Hall–Kier alpha value is -2.19. The van der Waals surface area contributed by atoms with Gasteiger partial charge in [-0.3, -0.25) is 8.93 Å². The van der Waals surface area contributed by atoms with E-state index in [1.54, 1.807) is 18.2 Å². The van der Waals surface area contributed by atoms with E-state index in [1.807, 2.05) is 0 Å². The number of nitrogens with one attached hydrogen (secondary N) is 1. The summed E-state index contributed by atoms with van der Waals surface area (Å²) < 4.78 is 38.8. The molecule has 0 amide bonds. The molecule has 0 spiro atoms. The molecule has 2 N–H and O–H groups in total. The maximum absolute atomic E-state index is 12.5. The molecule has 0 aromatic heterocycles.